The first-order chi connectivity index (χ1) is 7.36. The van der Waals surface area contributed by atoms with Crippen molar-refractivity contribution in [1.29, 1.82) is 0 Å². The molecule has 0 radical (unpaired) electrons. The Hall–Kier alpha value is -2.12. The van der Waals surface area contributed by atoms with Gasteiger partial charge in [0.2, 0.25) is 11.8 Å². The molecule has 0 atom stereocenters. The number of ether oxygens (including phenoxy) is 1. The van der Waals surface area contributed by atoms with Crippen LogP contribution < -0.4 is 11.1 Å². The average molecular weight is 227 g/mol. The summed E-state index contributed by atoms with van der Waals surface area (Å²) in [5.41, 5.74) is 4.10. The highest BCUT2D eigenvalue weighted by molar-refractivity contribution is 5.95. The van der Waals surface area contributed by atoms with Gasteiger partial charge in [0.1, 0.15) is 5.54 Å². The van der Waals surface area contributed by atoms with Gasteiger partial charge in [-0.15, -0.1) is 5.10 Å². The van der Waals surface area contributed by atoms with Crippen LogP contribution in [0.1, 0.15) is 24.5 Å². The van der Waals surface area contributed by atoms with Crippen LogP contribution in [0.4, 0.5) is 5.95 Å². The summed E-state index contributed by atoms with van der Waals surface area (Å²) in [5.74, 6) is -1.25. The van der Waals surface area contributed by atoms with E-state index in [0.29, 0.717) is 0 Å². The van der Waals surface area contributed by atoms with Crippen molar-refractivity contribution in [3.05, 3.63) is 5.82 Å². The predicted molar refractivity (Wildman–Crippen MR) is 54.4 cm³/mol. The van der Waals surface area contributed by atoms with Crippen LogP contribution in [0.5, 0.6) is 0 Å². The number of carbonyl (C=O) groups excluding carboxylic acids is 2. The van der Waals surface area contributed by atoms with Crippen molar-refractivity contribution in [2.45, 2.75) is 19.4 Å². The number of nitrogen functional groups attached to an aromatic ring is 1. The van der Waals surface area contributed by atoms with Crippen molar-refractivity contribution < 1.29 is 14.3 Å². The molecule has 8 nitrogen and oxygen atoms in total. The number of rotatable bonds is 3. The Morgan fingerprint density at radius 2 is 2.12 bits per heavy atom. The molecule has 0 aliphatic heterocycles. The largest absolute Gasteiger partial charge is 0.467 e. The Morgan fingerprint density at radius 1 is 1.50 bits per heavy atom. The van der Waals surface area contributed by atoms with E-state index in [1.165, 1.54) is 21.0 Å². The normalized spacial score (nSPS) is 10.9. The fourth-order valence-electron chi connectivity index (χ4n) is 1.03. The maximum absolute atomic E-state index is 11.6. The number of nitrogens with zero attached hydrogens (tertiary/aromatic N) is 2. The van der Waals surface area contributed by atoms with Crippen molar-refractivity contribution in [3.8, 4) is 0 Å². The van der Waals surface area contributed by atoms with Gasteiger partial charge in [0.25, 0.3) is 5.91 Å². The van der Waals surface area contributed by atoms with Gasteiger partial charge in [0.15, 0.2) is 0 Å². The van der Waals surface area contributed by atoms with E-state index in [-0.39, 0.29) is 11.8 Å². The number of H-pyrrole nitrogens is 1. The molecule has 16 heavy (non-hydrogen) atoms. The summed E-state index contributed by atoms with van der Waals surface area (Å²) in [6.07, 6.45) is 0. The Bertz CT molecular complexity index is 412. The lowest BCUT2D eigenvalue weighted by atomic mass is 10.1. The first-order valence-electron chi connectivity index (χ1n) is 4.45. The topological polar surface area (TPSA) is 123 Å². The van der Waals surface area contributed by atoms with E-state index in [0.717, 1.165) is 0 Å². The molecule has 0 fully saturated rings. The Morgan fingerprint density at radius 3 is 2.56 bits per heavy atom. The number of nitrogens with one attached hydrogen (secondary N) is 2. The Balaban J connectivity index is 2.75. The second-order valence-corrected chi connectivity index (χ2v) is 3.61. The molecule has 0 spiro atoms. The molecule has 4 N–H and O–H groups in total. The van der Waals surface area contributed by atoms with E-state index in [9.17, 15) is 9.59 Å². The number of esters is 1. The van der Waals surface area contributed by atoms with Crippen LogP contribution in [0.2, 0.25) is 0 Å². The van der Waals surface area contributed by atoms with Gasteiger partial charge < -0.3 is 15.8 Å². The fraction of sp³-hybridized carbons (Fsp3) is 0.500. The summed E-state index contributed by atoms with van der Waals surface area (Å²) in [6.45, 7) is 3.02. The monoisotopic (exact) mass is 227 g/mol. The van der Waals surface area contributed by atoms with Crippen LogP contribution in [0, 0.1) is 0 Å². The lowest BCUT2D eigenvalue weighted by molar-refractivity contribution is -0.146. The third-order valence-electron chi connectivity index (χ3n) is 1.84. The third-order valence-corrected chi connectivity index (χ3v) is 1.84. The van der Waals surface area contributed by atoms with Gasteiger partial charge in [-0.05, 0) is 13.8 Å². The number of hydrogen-bond acceptors (Lipinski definition) is 6. The molecular formula is C8H13N5O3. The lowest BCUT2D eigenvalue weighted by Crippen LogP contribution is -2.50. The van der Waals surface area contributed by atoms with Gasteiger partial charge >= 0.3 is 5.97 Å². The minimum absolute atomic E-state index is 0.0407. The van der Waals surface area contributed by atoms with Crippen LogP contribution in [0.3, 0.4) is 0 Å². The van der Waals surface area contributed by atoms with Crippen molar-refractivity contribution in [3.63, 3.8) is 0 Å². The molecule has 1 aromatic heterocycles. The molecule has 0 unspecified atom stereocenters. The summed E-state index contributed by atoms with van der Waals surface area (Å²) >= 11 is 0. The van der Waals surface area contributed by atoms with E-state index in [1.807, 2.05) is 0 Å². The number of aromatic amines is 1. The number of nitrogens with two attached hydrogens (primary N) is 1. The zero-order valence-electron chi connectivity index (χ0n) is 9.20. The summed E-state index contributed by atoms with van der Waals surface area (Å²) in [6, 6.07) is 0. The number of hydrogen-bond donors (Lipinski definition) is 3. The fourth-order valence-corrected chi connectivity index (χ4v) is 1.03. The first kappa shape index (κ1) is 12.0. The summed E-state index contributed by atoms with van der Waals surface area (Å²) in [4.78, 5) is 26.5. The van der Waals surface area contributed by atoms with Gasteiger partial charge in [-0.3, -0.25) is 9.89 Å². The number of methoxy groups -OCH3 is 1. The summed E-state index contributed by atoms with van der Waals surface area (Å²) < 4.78 is 4.53. The zero-order chi connectivity index (χ0) is 12.3. The van der Waals surface area contributed by atoms with Crippen molar-refractivity contribution in [2.75, 3.05) is 12.8 Å². The number of aromatic nitrogens is 3. The predicted octanol–water partition coefficient (Wildman–Crippen LogP) is -0.932. The van der Waals surface area contributed by atoms with Crippen LogP contribution >= 0.6 is 0 Å². The highest BCUT2D eigenvalue weighted by Gasteiger charge is 2.31. The molecule has 1 aromatic rings. The van der Waals surface area contributed by atoms with Gasteiger partial charge in [-0.1, -0.05) is 0 Å². The van der Waals surface area contributed by atoms with Crippen molar-refractivity contribution >= 4 is 17.8 Å². The molecular weight excluding hydrogens is 214 g/mol. The zero-order valence-corrected chi connectivity index (χ0v) is 9.20. The van der Waals surface area contributed by atoms with Gasteiger partial charge in [0, 0.05) is 0 Å². The smallest absolute Gasteiger partial charge is 0.330 e. The van der Waals surface area contributed by atoms with E-state index >= 15 is 0 Å². The van der Waals surface area contributed by atoms with E-state index < -0.39 is 17.4 Å². The molecule has 8 heteroatoms. The number of anilines is 1. The molecule has 0 bridgehead atoms. The molecule has 0 saturated carbocycles. The minimum atomic E-state index is -1.15. The highest BCUT2D eigenvalue weighted by atomic mass is 16.5. The van der Waals surface area contributed by atoms with Crippen LogP contribution in [0.15, 0.2) is 0 Å². The molecule has 1 rings (SSSR count). The maximum atomic E-state index is 11.6. The van der Waals surface area contributed by atoms with Crippen LogP contribution in [-0.2, 0) is 9.53 Å². The quantitative estimate of drug-likeness (QED) is 0.573. The molecule has 0 aromatic carbocycles. The van der Waals surface area contributed by atoms with Gasteiger partial charge in [-0.25, -0.2) is 4.79 Å². The third kappa shape index (κ3) is 2.47. The van der Waals surface area contributed by atoms with Crippen LogP contribution in [-0.4, -0.2) is 39.7 Å². The molecule has 88 valence electrons. The van der Waals surface area contributed by atoms with E-state index in [2.05, 4.69) is 25.2 Å². The number of amides is 1. The Kier molecular flexibility index (Phi) is 3.11. The molecule has 0 aliphatic carbocycles. The number of carbonyl (C=O) groups is 2. The van der Waals surface area contributed by atoms with Crippen molar-refractivity contribution in [2.24, 2.45) is 0 Å². The van der Waals surface area contributed by atoms with Gasteiger partial charge in [-0.2, -0.15) is 4.98 Å². The molecule has 1 amide bonds. The highest BCUT2D eigenvalue weighted by Crippen LogP contribution is 2.05. The SMILES string of the molecule is COC(=O)C(C)(C)NC(=O)c1nc(N)n[nH]1. The van der Waals surface area contributed by atoms with Gasteiger partial charge in [0.05, 0.1) is 7.11 Å². The molecule has 0 aliphatic rings. The molecule has 1 heterocycles. The second kappa shape index (κ2) is 4.17. The first-order valence-corrected chi connectivity index (χ1v) is 4.45. The van der Waals surface area contributed by atoms with E-state index in [1.54, 1.807) is 0 Å². The lowest BCUT2D eigenvalue weighted by Gasteiger charge is -2.22. The van der Waals surface area contributed by atoms with Crippen molar-refractivity contribution in [1.82, 2.24) is 20.5 Å². The minimum Gasteiger partial charge on any atom is -0.467 e. The standard InChI is InChI=1S/C8H13N5O3/c1-8(2,6(15)16-3)11-5(14)4-10-7(9)13-12-4/h1-3H3,(H,11,14)(H3,9,10,12,13). The maximum Gasteiger partial charge on any atom is 0.330 e. The average Bonchev–Trinajstić information content (AvgIpc) is 2.63. The second-order valence-electron chi connectivity index (χ2n) is 3.61. The van der Waals surface area contributed by atoms with Crippen LogP contribution in [0.25, 0.3) is 0 Å². The van der Waals surface area contributed by atoms with E-state index in [4.69, 9.17) is 5.73 Å². The molecule has 0 saturated heterocycles. The Labute approximate surface area is 91.6 Å². The summed E-state index contributed by atoms with van der Waals surface area (Å²) in [7, 11) is 1.24. The summed E-state index contributed by atoms with van der Waals surface area (Å²) in [5, 5.41) is 8.27.